The van der Waals surface area contributed by atoms with E-state index in [2.05, 4.69) is 51.8 Å². The molecule has 7 nitrogen and oxygen atoms in total. The maximum absolute atomic E-state index is 11.7. The largest absolute Gasteiger partial charge is 0.436 e. The van der Waals surface area contributed by atoms with Crippen LogP contribution in [0.15, 0.2) is 59.4 Å². The van der Waals surface area contributed by atoms with Crippen molar-refractivity contribution in [3.8, 4) is 11.5 Å². The summed E-state index contributed by atoms with van der Waals surface area (Å²) in [5, 5.41) is 0.738. The zero-order valence-electron chi connectivity index (χ0n) is 22.3. The third-order valence-electron chi connectivity index (χ3n) is 7.36. The molecular weight excluding hydrogens is 504 g/mol. The van der Waals surface area contributed by atoms with Crippen molar-refractivity contribution >= 4 is 36.9 Å². The van der Waals surface area contributed by atoms with Gasteiger partial charge in [-0.25, -0.2) is 9.97 Å². The molecule has 4 rings (SSSR count). The Kier molecular flexibility index (Phi) is 7.64. The number of rotatable bonds is 9. The van der Waals surface area contributed by atoms with Crippen LogP contribution in [0.25, 0.3) is 22.6 Å². The number of halogens is 1. The van der Waals surface area contributed by atoms with Gasteiger partial charge in [0.1, 0.15) is 11.2 Å². The number of fused-ring (bicyclic) bond motifs is 1. The van der Waals surface area contributed by atoms with E-state index in [-0.39, 0.29) is 22.9 Å². The van der Waals surface area contributed by atoms with Crippen LogP contribution < -0.4 is 5.73 Å². The van der Waals surface area contributed by atoms with Crippen molar-refractivity contribution in [1.29, 1.82) is 0 Å². The van der Waals surface area contributed by atoms with Crippen LogP contribution in [0, 0.1) is 0 Å². The number of carbonyl (C=O) groups is 1. The van der Waals surface area contributed by atoms with E-state index in [9.17, 15) is 4.79 Å². The van der Waals surface area contributed by atoms with Crippen molar-refractivity contribution in [2.75, 3.05) is 0 Å². The Morgan fingerprint density at radius 2 is 1.89 bits per heavy atom. The van der Waals surface area contributed by atoms with E-state index in [0.717, 1.165) is 35.1 Å². The zero-order valence-corrected chi connectivity index (χ0v) is 24.0. The minimum absolute atomic E-state index is 0.0522. The molecule has 1 amide bonds. The van der Waals surface area contributed by atoms with Crippen molar-refractivity contribution in [3.63, 3.8) is 0 Å². The number of primary amides is 1. The number of nitrogens with zero attached hydrogens (tertiary/aromatic N) is 3. The van der Waals surface area contributed by atoms with E-state index >= 15 is 0 Å². The molecule has 2 aromatic carbocycles. The van der Waals surface area contributed by atoms with Gasteiger partial charge in [-0.3, -0.25) is 4.79 Å². The molecule has 0 unspecified atom stereocenters. The second-order valence-corrected chi connectivity index (χ2v) is 16.2. The highest BCUT2D eigenvalue weighted by atomic mass is 35.5. The molecule has 2 atom stereocenters. The number of benzene rings is 2. The number of aromatic nitrogens is 3. The van der Waals surface area contributed by atoms with E-state index in [0.29, 0.717) is 10.9 Å². The molecule has 2 aromatic heterocycles. The lowest BCUT2D eigenvalue weighted by molar-refractivity contribution is 0.0995. The Balaban J connectivity index is 1.62. The molecule has 0 fully saturated rings. The van der Waals surface area contributed by atoms with Crippen molar-refractivity contribution < 1.29 is 13.6 Å². The second kappa shape index (κ2) is 10.4. The van der Waals surface area contributed by atoms with Gasteiger partial charge in [0.2, 0.25) is 5.89 Å². The molecule has 0 aliphatic rings. The first-order chi connectivity index (χ1) is 17.4. The minimum atomic E-state index is -2.03. The first-order valence-electron chi connectivity index (χ1n) is 12.5. The second-order valence-electron chi connectivity index (χ2n) is 11.1. The number of oxazole rings is 1. The molecule has 0 aliphatic carbocycles. The molecule has 9 heteroatoms. The molecule has 0 radical (unpaired) electrons. The summed E-state index contributed by atoms with van der Waals surface area (Å²) in [5.41, 5.74) is 9.24. The molecule has 196 valence electrons. The summed E-state index contributed by atoms with van der Waals surface area (Å²) in [6.07, 6.45) is 4.76. The zero-order chi connectivity index (χ0) is 27.0. The summed E-state index contributed by atoms with van der Waals surface area (Å²) < 4.78 is 14.9. The first-order valence-corrected chi connectivity index (χ1v) is 15.8. The van der Waals surface area contributed by atoms with Crippen LogP contribution in [-0.2, 0) is 10.8 Å². The van der Waals surface area contributed by atoms with Gasteiger partial charge in [-0.05, 0) is 73.8 Å². The number of hydrogen-bond donors (Lipinski definition) is 1. The summed E-state index contributed by atoms with van der Waals surface area (Å²) in [5.74, 6) is 0.0163. The monoisotopic (exact) mass is 538 g/mol. The van der Waals surface area contributed by atoms with Gasteiger partial charge in [-0.2, -0.15) is 0 Å². The van der Waals surface area contributed by atoms with Crippen molar-refractivity contribution in [2.45, 2.75) is 70.8 Å². The van der Waals surface area contributed by atoms with Gasteiger partial charge in [0.05, 0.1) is 18.5 Å². The van der Waals surface area contributed by atoms with Gasteiger partial charge in [0, 0.05) is 16.8 Å². The smallest absolute Gasteiger partial charge is 0.268 e. The topological polar surface area (TPSA) is 96.2 Å². The normalized spacial score (nSPS) is 14.1. The van der Waals surface area contributed by atoms with E-state index in [4.69, 9.17) is 31.2 Å². The number of imidazole rings is 1. The van der Waals surface area contributed by atoms with Gasteiger partial charge in [-0.15, -0.1) is 0 Å². The lowest BCUT2D eigenvalue weighted by Crippen LogP contribution is -2.45. The standard InChI is InChI=1S/C28H35ClN4O3Si/c1-18(36-37(5,6)28(2,3)4)24(33-16-23(26(30)34)31-17-33)15-12-19-8-7-9-22-25(19)35-27(32-22)20-10-13-21(29)14-11-20/h7-11,13-14,16-18,24H,12,15H2,1-6H3,(H2,30,34)/t18-,24+/m0/s1. The molecule has 4 aromatic rings. The van der Waals surface area contributed by atoms with Crippen molar-refractivity contribution in [2.24, 2.45) is 5.73 Å². The summed E-state index contributed by atoms with van der Waals surface area (Å²) in [6.45, 7) is 13.3. The highest BCUT2D eigenvalue weighted by Crippen LogP contribution is 2.39. The van der Waals surface area contributed by atoms with Crippen molar-refractivity contribution in [3.05, 3.63) is 71.3 Å². The third kappa shape index (κ3) is 5.97. The molecule has 2 N–H and O–H groups in total. The van der Waals surface area contributed by atoms with Crippen LogP contribution in [0.3, 0.4) is 0 Å². The summed E-state index contributed by atoms with van der Waals surface area (Å²) in [6, 6.07) is 13.4. The highest BCUT2D eigenvalue weighted by Gasteiger charge is 2.40. The Morgan fingerprint density at radius 3 is 2.51 bits per heavy atom. The Labute approximate surface area is 224 Å². The SMILES string of the molecule is C[C@H](O[Si](C)(C)C(C)(C)C)[C@@H](CCc1cccc2nc(-c3ccc(Cl)cc3)oc12)n1cnc(C(N)=O)c1. The van der Waals surface area contributed by atoms with Crippen molar-refractivity contribution in [1.82, 2.24) is 14.5 Å². The molecule has 0 saturated carbocycles. The molecule has 0 spiro atoms. The molecular formula is C28H35ClN4O3Si. The van der Waals surface area contributed by atoms with Gasteiger partial charge in [-0.1, -0.05) is 44.5 Å². The molecule has 37 heavy (non-hydrogen) atoms. The van der Waals surface area contributed by atoms with Gasteiger partial charge in [0.15, 0.2) is 13.9 Å². The quantitative estimate of drug-likeness (QED) is 0.231. The van der Waals surface area contributed by atoms with Gasteiger partial charge < -0.3 is 19.1 Å². The number of carbonyl (C=O) groups excluding carboxylic acids is 1. The average Bonchev–Trinajstić information content (AvgIpc) is 3.47. The van der Waals surface area contributed by atoms with Gasteiger partial charge >= 0.3 is 0 Å². The summed E-state index contributed by atoms with van der Waals surface area (Å²) in [4.78, 5) is 20.6. The molecule has 2 heterocycles. The van der Waals surface area contributed by atoms with Gasteiger partial charge in [0.25, 0.3) is 5.91 Å². The first kappa shape index (κ1) is 27.1. The van der Waals surface area contributed by atoms with Crippen LogP contribution >= 0.6 is 11.6 Å². The number of amides is 1. The van der Waals surface area contributed by atoms with E-state index in [1.54, 1.807) is 12.5 Å². The fourth-order valence-corrected chi connectivity index (χ4v) is 5.78. The number of nitrogens with two attached hydrogens (primary N) is 1. The number of hydrogen-bond acceptors (Lipinski definition) is 5. The van der Waals surface area contributed by atoms with Crippen LogP contribution in [0.1, 0.15) is 56.2 Å². The summed E-state index contributed by atoms with van der Waals surface area (Å²) in [7, 11) is -2.03. The predicted molar refractivity (Wildman–Crippen MR) is 150 cm³/mol. The Morgan fingerprint density at radius 1 is 1.19 bits per heavy atom. The van der Waals surface area contributed by atoms with E-state index in [1.807, 2.05) is 41.0 Å². The fourth-order valence-electron chi connectivity index (χ4n) is 4.21. The van der Waals surface area contributed by atoms with Crippen LogP contribution in [0.5, 0.6) is 0 Å². The minimum Gasteiger partial charge on any atom is -0.436 e. The number of para-hydroxylation sites is 1. The predicted octanol–water partition coefficient (Wildman–Crippen LogP) is 7.03. The maximum Gasteiger partial charge on any atom is 0.268 e. The van der Waals surface area contributed by atoms with Crippen LogP contribution in [0.4, 0.5) is 0 Å². The number of aryl methyl sites for hydroxylation is 1. The maximum atomic E-state index is 11.7. The lowest BCUT2D eigenvalue weighted by atomic mass is 10.0. The fraction of sp³-hybridized carbons (Fsp3) is 0.393. The average molecular weight is 539 g/mol. The van der Waals surface area contributed by atoms with E-state index < -0.39 is 14.2 Å². The van der Waals surface area contributed by atoms with Crippen LogP contribution in [0.2, 0.25) is 23.2 Å². The van der Waals surface area contributed by atoms with E-state index in [1.165, 1.54) is 0 Å². The molecule has 0 aliphatic heterocycles. The highest BCUT2D eigenvalue weighted by molar-refractivity contribution is 6.74. The third-order valence-corrected chi connectivity index (χ3v) is 12.2. The Bertz CT molecular complexity index is 1390. The van der Waals surface area contributed by atoms with Crippen LogP contribution in [-0.4, -0.2) is 34.9 Å². The molecule has 0 saturated heterocycles. The summed E-state index contributed by atoms with van der Waals surface area (Å²) >= 11 is 6.04. The Hall–Kier alpha value is -2.94. The molecule has 0 bridgehead atoms. The lowest BCUT2D eigenvalue weighted by Gasteiger charge is -2.40.